The first-order valence-electron chi connectivity index (χ1n) is 10.9. The zero-order valence-electron chi connectivity index (χ0n) is 19.2. The first-order valence-corrected chi connectivity index (χ1v) is 11.7. The van der Waals surface area contributed by atoms with Gasteiger partial charge in [-0.25, -0.2) is 9.78 Å². The Balaban J connectivity index is 1.63. The van der Waals surface area contributed by atoms with E-state index in [4.69, 9.17) is 28.3 Å². The highest BCUT2D eigenvalue weighted by Gasteiger charge is 2.25. The van der Waals surface area contributed by atoms with Crippen molar-refractivity contribution in [2.45, 2.75) is 25.0 Å². The predicted molar refractivity (Wildman–Crippen MR) is 136 cm³/mol. The van der Waals surface area contributed by atoms with Crippen LogP contribution in [0.4, 0.5) is 0 Å². The van der Waals surface area contributed by atoms with Crippen LogP contribution >= 0.6 is 23.2 Å². The Kier molecular flexibility index (Phi) is 9.56. The van der Waals surface area contributed by atoms with Gasteiger partial charge in [-0.1, -0.05) is 59.6 Å². The Hall–Kier alpha value is -3.99. The number of halogens is 2. The second-order valence-corrected chi connectivity index (χ2v) is 8.77. The standard InChI is InChI=1S/C25H22Cl2N4O6/c26-18-3-1-2-16(11-18)15-6-4-14(5-7-15)10-19(12-20(32)25(36)37)29-23(34)24(35)31-30-22(33)17-8-9-21(27)28-13-17/h1-9,11,13,19-20,32H,10,12H2,(H,29,34)(H,30,33)(H,31,35)(H,36,37)/t19-,20-/m1/s1. The van der Waals surface area contributed by atoms with Crippen LogP contribution in [0.15, 0.2) is 66.9 Å². The van der Waals surface area contributed by atoms with Crippen LogP contribution in [0.2, 0.25) is 10.2 Å². The molecule has 3 amide bonds. The van der Waals surface area contributed by atoms with Crippen LogP contribution in [0.1, 0.15) is 22.3 Å². The number of pyridine rings is 1. The minimum Gasteiger partial charge on any atom is -0.479 e. The lowest BCUT2D eigenvalue weighted by atomic mass is 9.98. The van der Waals surface area contributed by atoms with Gasteiger partial charge in [0.1, 0.15) is 5.15 Å². The summed E-state index contributed by atoms with van der Waals surface area (Å²) in [6, 6.07) is 16.4. The molecule has 0 fully saturated rings. The van der Waals surface area contributed by atoms with Crippen molar-refractivity contribution >= 4 is 46.9 Å². The van der Waals surface area contributed by atoms with Crippen molar-refractivity contribution in [2.24, 2.45) is 0 Å². The molecule has 0 unspecified atom stereocenters. The normalized spacial score (nSPS) is 12.2. The van der Waals surface area contributed by atoms with Gasteiger partial charge in [0.15, 0.2) is 6.10 Å². The Morgan fingerprint density at radius 2 is 1.62 bits per heavy atom. The number of aliphatic hydroxyl groups is 1. The molecule has 192 valence electrons. The molecule has 0 aliphatic rings. The minimum absolute atomic E-state index is 0.0915. The average Bonchev–Trinajstić information content (AvgIpc) is 2.87. The largest absolute Gasteiger partial charge is 0.479 e. The maximum atomic E-state index is 12.4. The van der Waals surface area contributed by atoms with Crippen LogP contribution in [0.25, 0.3) is 11.1 Å². The van der Waals surface area contributed by atoms with Gasteiger partial charge in [0.2, 0.25) is 0 Å². The van der Waals surface area contributed by atoms with E-state index >= 15 is 0 Å². The first-order chi connectivity index (χ1) is 17.6. The van der Waals surface area contributed by atoms with Gasteiger partial charge in [0, 0.05) is 23.7 Å². The van der Waals surface area contributed by atoms with Gasteiger partial charge in [-0.2, -0.15) is 0 Å². The summed E-state index contributed by atoms with van der Waals surface area (Å²) in [7, 11) is 0. The molecule has 0 spiro atoms. The van der Waals surface area contributed by atoms with Crippen molar-refractivity contribution < 1.29 is 29.4 Å². The lowest BCUT2D eigenvalue weighted by molar-refractivity contribution is -0.147. The number of hydrazine groups is 1. The summed E-state index contributed by atoms with van der Waals surface area (Å²) in [4.78, 5) is 51.6. The van der Waals surface area contributed by atoms with Crippen LogP contribution in [0.3, 0.4) is 0 Å². The van der Waals surface area contributed by atoms with Crippen LogP contribution in [-0.2, 0) is 20.8 Å². The Morgan fingerprint density at radius 3 is 2.24 bits per heavy atom. The van der Waals surface area contributed by atoms with E-state index < -0.39 is 35.8 Å². The van der Waals surface area contributed by atoms with Gasteiger partial charge in [0.25, 0.3) is 5.91 Å². The smallest absolute Gasteiger partial charge is 0.332 e. The predicted octanol–water partition coefficient (Wildman–Crippen LogP) is 2.38. The van der Waals surface area contributed by atoms with Gasteiger partial charge in [0.05, 0.1) is 5.56 Å². The molecule has 2 atom stereocenters. The zero-order chi connectivity index (χ0) is 26.9. The van der Waals surface area contributed by atoms with E-state index in [0.29, 0.717) is 5.02 Å². The van der Waals surface area contributed by atoms with Gasteiger partial charge < -0.3 is 15.5 Å². The topological polar surface area (TPSA) is 158 Å². The molecule has 1 heterocycles. The third-order valence-electron chi connectivity index (χ3n) is 5.21. The third kappa shape index (κ3) is 8.28. The van der Waals surface area contributed by atoms with Crippen molar-refractivity contribution in [1.82, 2.24) is 21.2 Å². The molecule has 12 heteroatoms. The lowest BCUT2D eigenvalue weighted by Gasteiger charge is -2.20. The highest BCUT2D eigenvalue weighted by atomic mass is 35.5. The van der Waals surface area contributed by atoms with Gasteiger partial charge in [-0.15, -0.1) is 0 Å². The summed E-state index contributed by atoms with van der Waals surface area (Å²) < 4.78 is 0. The summed E-state index contributed by atoms with van der Waals surface area (Å²) in [6.45, 7) is 0. The SMILES string of the molecule is O=C(NNC(=O)c1ccc(Cl)nc1)C(=O)N[C@H](Cc1ccc(-c2cccc(Cl)c2)cc1)C[C@@H](O)C(=O)O. The quantitative estimate of drug-likeness (QED) is 0.165. The monoisotopic (exact) mass is 544 g/mol. The molecular weight excluding hydrogens is 523 g/mol. The highest BCUT2D eigenvalue weighted by molar-refractivity contribution is 6.35. The lowest BCUT2D eigenvalue weighted by Crippen LogP contribution is -2.51. The van der Waals surface area contributed by atoms with Crippen molar-refractivity contribution in [2.75, 3.05) is 0 Å². The third-order valence-corrected chi connectivity index (χ3v) is 5.67. The molecule has 5 N–H and O–H groups in total. The highest BCUT2D eigenvalue weighted by Crippen LogP contribution is 2.23. The second kappa shape index (κ2) is 12.8. The van der Waals surface area contributed by atoms with E-state index in [9.17, 15) is 24.3 Å². The van der Waals surface area contributed by atoms with Crippen molar-refractivity contribution in [3.8, 4) is 11.1 Å². The Morgan fingerprint density at radius 1 is 0.892 bits per heavy atom. The molecule has 0 radical (unpaired) electrons. The molecule has 10 nitrogen and oxygen atoms in total. The maximum absolute atomic E-state index is 12.4. The maximum Gasteiger partial charge on any atom is 0.332 e. The summed E-state index contributed by atoms with van der Waals surface area (Å²) in [6.07, 6.45) is -0.809. The Labute approximate surface area is 221 Å². The number of carbonyl (C=O) groups is 4. The van der Waals surface area contributed by atoms with E-state index in [1.165, 1.54) is 18.3 Å². The number of rotatable bonds is 8. The molecule has 3 rings (SSSR count). The van der Waals surface area contributed by atoms with Crippen molar-refractivity contribution in [3.63, 3.8) is 0 Å². The number of amides is 3. The molecule has 0 aliphatic heterocycles. The van der Waals surface area contributed by atoms with E-state index in [1.807, 2.05) is 35.8 Å². The van der Waals surface area contributed by atoms with Crippen molar-refractivity contribution in [3.05, 3.63) is 88.2 Å². The average molecular weight is 545 g/mol. The number of nitrogens with zero attached hydrogens (tertiary/aromatic N) is 1. The van der Waals surface area contributed by atoms with E-state index in [2.05, 4.69) is 15.7 Å². The fourth-order valence-electron chi connectivity index (χ4n) is 3.35. The van der Waals surface area contributed by atoms with Gasteiger partial charge >= 0.3 is 17.8 Å². The molecular formula is C25H22Cl2N4O6. The van der Waals surface area contributed by atoms with E-state index in [1.54, 1.807) is 18.2 Å². The number of carbonyl (C=O) groups excluding carboxylic acids is 3. The molecule has 0 saturated heterocycles. The molecule has 3 aromatic rings. The summed E-state index contributed by atoms with van der Waals surface area (Å²) in [5.41, 5.74) is 6.65. The molecule has 0 saturated carbocycles. The number of hydrogen-bond acceptors (Lipinski definition) is 6. The summed E-state index contributed by atoms with van der Waals surface area (Å²) in [5, 5.41) is 22.1. The number of carboxylic acid groups (broad SMARTS) is 1. The number of aliphatic carboxylic acids is 1. The number of nitrogens with one attached hydrogen (secondary N) is 3. The molecule has 37 heavy (non-hydrogen) atoms. The van der Waals surface area contributed by atoms with Gasteiger partial charge in [-0.05, 0) is 47.4 Å². The second-order valence-electron chi connectivity index (χ2n) is 7.95. The van der Waals surface area contributed by atoms with E-state index in [-0.39, 0.29) is 23.6 Å². The first kappa shape index (κ1) is 27.6. The summed E-state index contributed by atoms with van der Waals surface area (Å²) >= 11 is 11.7. The number of benzene rings is 2. The minimum atomic E-state index is -1.77. The number of carboxylic acids is 1. The summed E-state index contributed by atoms with van der Waals surface area (Å²) in [5.74, 6) is -4.53. The molecule has 0 bridgehead atoms. The number of aliphatic hydroxyl groups excluding tert-OH is 1. The number of hydrogen-bond donors (Lipinski definition) is 5. The molecule has 0 aliphatic carbocycles. The fourth-order valence-corrected chi connectivity index (χ4v) is 3.66. The molecule has 2 aromatic carbocycles. The van der Waals surface area contributed by atoms with Gasteiger partial charge in [-0.3, -0.25) is 25.2 Å². The zero-order valence-corrected chi connectivity index (χ0v) is 20.7. The molecule has 1 aromatic heterocycles. The van der Waals surface area contributed by atoms with Crippen LogP contribution in [0, 0.1) is 0 Å². The van der Waals surface area contributed by atoms with Crippen LogP contribution in [-0.4, -0.2) is 51.0 Å². The van der Waals surface area contributed by atoms with Crippen LogP contribution in [0.5, 0.6) is 0 Å². The Bertz CT molecular complexity index is 1290. The fraction of sp³-hybridized carbons (Fsp3) is 0.160. The van der Waals surface area contributed by atoms with Crippen molar-refractivity contribution in [1.29, 1.82) is 0 Å². The van der Waals surface area contributed by atoms with E-state index in [0.717, 1.165) is 16.7 Å². The van der Waals surface area contributed by atoms with Crippen LogP contribution < -0.4 is 16.2 Å². The number of aromatic nitrogens is 1.